The number of anilines is 1. The van der Waals surface area contributed by atoms with E-state index < -0.39 is 0 Å². The molecule has 24 heavy (non-hydrogen) atoms. The van der Waals surface area contributed by atoms with Gasteiger partial charge in [-0.25, -0.2) is 4.98 Å². The second-order valence-electron chi connectivity index (χ2n) is 5.04. The second kappa shape index (κ2) is 7.49. The molecule has 4 N–H and O–H groups in total. The summed E-state index contributed by atoms with van der Waals surface area (Å²) in [7, 11) is 4.70. The van der Waals surface area contributed by atoms with Crippen molar-refractivity contribution in [3.05, 3.63) is 29.5 Å². The minimum absolute atomic E-state index is 0.237. The third-order valence-corrected chi connectivity index (χ3v) is 3.28. The Labute approximate surface area is 140 Å². The topological polar surface area (TPSA) is 118 Å². The van der Waals surface area contributed by atoms with Crippen molar-refractivity contribution in [2.45, 2.75) is 13.3 Å². The molecule has 0 unspecified atom stereocenters. The fourth-order valence-electron chi connectivity index (χ4n) is 2.22. The molecule has 0 saturated heterocycles. The van der Waals surface area contributed by atoms with Crippen LogP contribution in [0.15, 0.2) is 23.3 Å². The molecular weight excluding hydrogens is 310 g/mol. The Bertz CT molecular complexity index is 732. The summed E-state index contributed by atoms with van der Waals surface area (Å²) in [6.07, 6.45) is 2.14. The van der Waals surface area contributed by atoms with Gasteiger partial charge < -0.3 is 25.7 Å². The molecule has 0 aliphatic rings. The number of amidine groups is 1. The fraction of sp³-hybridized carbons (Fsp3) is 0.312. The molecule has 0 radical (unpaired) electrons. The van der Waals surface area contributed by atoms with Crippen LogP contribution in [0.5, 0.6) is 17.2 Å². The molecule has 1 heterocycles. The highest BCUT2D eigenvalue weighted by atomic mass is 16.5. The van der Waals surface area contributed by atoms with Crippen molar-refractivity contribution >= 4 is 17.6 Å². The first-order valence-corrected chi connectivity index (χ1v) is 7.19. The summed E-state index contributed by atoms with van der Waals surface area (Å²) >= 11 is 0. The minimum atomic E-state index is 0.237. The van der Waals surface area contributed by atoms with E-state index in [0.29, 0.717) is 35.3 Å². The minimum Gasteiger partial charge on any atom is -0.493 e. The zero-order valence-corrected chi connectivity index (χ0v) is 14.2. The van der Waals surface area contributed by atoms with E-state index in [1.54, 1.807) is 34.4 Å². The van der Waals surface area contributed by atoms with Gasteiger partial charge in [0.05, 0.1) is 27.2 Å². The molecule has 1 aromatic carbocycles. The monoisotopic (exact) mass is 331 g/mol. The van der Waals surface area contributed by atoms with Crippen molar-refractivity contribution in [2.24, 2.45) is 10.7 Å². The van der Waals surface area contributed by atoms with Gasteiger partial charge in [0, 0.05) is 18.2 Å². The van der Waals surface area contributed by atoms with Crippen LogP contribution in [-0.4, -0.2) is 37.1 Å². The number of nitrogen functional groups attached to an aromatic ring is 1. The van der Waals surface area contributed by atoms with E-state index in [9.17, 15) is 0 Å². The number of ether oxygens (including phenoxy) is 3. The molecule has 0 amide bonds. The van der Waals surface area contributed by atoms with Crippen molar-refractivity contribution in [1.29, 1.82) is 0 Å². The summed E-state index contributed by atoms with van der Waals surface area (Å²) < 4.78 is 16.0. The summed E-state index contributed by atoms with van der Waals surface area (Å²) in [5, 5.41) is 0. The summed E-state index contributed by atoms with van der Waals surface area (Å²) in [6.45, 7) is 1.66. The summed E-state index contributed by atoms with van der Waals surface area (Å²) in [5.41, 5.74) is 13.2. The number of aromatic nitrogens is 2. The number of nitrogens with two attached hydrogens (primary N) is 2. The Kier molecular flexibility index (Phi) is 5.41. The van der Waals surface area contributed by atoms with Crippen molar-refractivity contribution < 1.29 is 14.2 Å². The zero-order chi connectivity index (χ0) is 17.7. The summed E-state index contributed by atoms with van der Waals surface area (Å²) in [4.78, 5) is 12.3. The standard InChI is InChI=1S/C16H21N5O3/c1-9(17)20-16-19-8-11(15(18)21-16)5-10-6-12(22-2)14(24-4)13(7-10)23-3/h6-8H,5H2,1-4H3,(H4,17,18,19,20,21). The Morgan fingerprint density at radius 2 is 1.75 bits per heavy atom. The summed E-state index contributed by atoms with van der Waals surface area (Å²) in [6, 6.07) is 3.72. The normalized spacial score (nSPS) is 11.2. The predicted octanol–water partition coefficient (Wildman–Crippen LogP) is 1.68. The van der Waals surface area contributed by atoms with E-state index in [1.807, 2.05) is 12.1 Å². The Morgan fingerprint density at radius 3 is 2.21 bits per heavy atom. The lowest BCUT2D eigenvalue weighted by molar-refractivity contribution is 0.324. The van der Waals surface area contributed by atoms with Crippen LogP contribution < -0.4 is 25.7 Å². The maximum absolute atomic E-state index is 5.99. The lowest BCUT2D eigenvalue weighted by Gasteiger charge is -2.14. The number of nitrogens with zero attached hydrogens (tertiary/aromatic N) is 3. The molecule has 0 saturated carbocycles. The van der Waals surface area contributed by atoms with Gasteiger partial charge >= 0.3 is 0 Å². The van der Waals surface area contributed by atoms with Gasteiger partial charge in [0.15, 0.2) is 11.5 Å². The predicted molar refractivity (Wildman–Crippen MR) is 92.3 cm³/mol. The quantitative estimate of drug-likeness (QED) is 0.610. The van der Waals surface area contributed by atoms with Crippen LogP contribution in [0.4, 0.5) is 11.8 Å². The Balaban J connectivity index is 2.36. The van der Waals surface area contributed by atoms with Crippen LogP contribution in [-0.2, 0) is 6.42 Å². The van der Waals surface area contributed by atoms with E-state index in [1.165, 1.54) is 0 Å². The second-order valence-corrected chi connectivity index (χ2v) is 5.04. The van der Waals surface area contributed by atoms with E-state index in [4.69, 9.17) is 25.7 Å². The molecule has 0 aliphatic heterocycles. The van der Waals surface area contributed by atoms with Gasteiger partial charge in [0.2, 0.25) is 5.75 Å². The van der Waals surface area contributed by atoms with Gasteiger partial charge in [-0.2, -0.15) is 9.98 Å². The van der Waals surface area contributed by atoms with Crippen molar-refractivity contribution in [3.63, 3.8) is 0 Å². The largest absolute Gasteiger partial charge is 0.493 e. The molecule has 0 bridgehead atoms. The smallest absolute Gasteiger partial charge is 0.252 e. The van der Waals surface area contributed by atoms with Crippen molar-refractivity contribution in [3.8, 4) is 17.2 Å². The Morgan fingerprint density at radius 1 is 1.12 bits per heavy atom. The molecule has 2 rings (SSSR count). The third kappa shape index (κ3) is 3.83. The van der Waals surface area contributed by atoms with Gasteiger partial charge in [-0.3, -0.25) is 0 Å². The summed E-state index contributed by atoms with van der Waals surface area (Å²) in [5.74, 6) is 2.64. The lowest BCUT2D eigenvalue weighted by atomic mass is 10.1. The Hall–Kier alpha value is -3.03. The van der Waals surface area contributed by atoms with Crippen LogP contribution in [0.1, 0.15) is 18.1 Å². The molecule has 0 spiro atoms. The average molecular weight is 331 g/mol. The first kappa shape index (κ1) is 17.3. The lowest BCUT2D eigenvalue weighted by Crippen LogP contribution is -2.06. The molecule has 8 heteroatoms. The van der Waals surface area contributed by atoms with Crippen LogP contribution in [0.3, 0.4) is 0 Å². The van der Waals surface area contributed by atoms with Gasteiger partial charge in [-0.05, 0) is 24.6 Å². The number of methoxy groups -OCH3 is 3. The highest BCUT2D eigenvalue weighted by Crippen LogP contribution is 2.38. The third-order valence-electron chi connectivity index (χ3n) is 3.28. The average Bonchev–Trinajstić information content (AvgIpc) is 2.55. The maximum atomic E-state index is 5.99. The molecule has 1 aromatic heterocycles. The molecule has 0 fully saturated rings. The number of hydrogen-bond donors (Lipinski definition) is 2. The highest BCUT2D eigenvalue weighted by Gasteiger charge is 2.14. The van der Waals surface area contributed by atoms with Crippen molar-refractivity contribution in [2.75, 3.05) is 27.1 Å². The number of benzene rings is 1. The molecular formula is C16H21N5O3. The van der Waals surface area contributed by atoms with Crippen LogP contribution in [0.25, 0.3) is 0 Å². The highest BCUT2D eigenvalue weighted by molar-refractivity contribution is 5.79. The number of hydrogen-bond acceptors (Lipinski definition) is 7. The molecule has 2 aromatic rings. The fourth-order valence-corrected chi connectivity index (χ4v) is 2.22. The maximum Gasteiger partial charge on any atom is 0.252 e. The van der Waals surface area contributed by atoms with E-state index in [-0.39, 0.29) is 5.95 Å². The van der Waals surface area contributed by atoms with E-state index >= 15 is 0 Å². The van der Waals surface area contributed by atoms with Crippen LogP contribution >= 0.6 is 0 Å². The first-order valence-electron chi connectivity index (χ1n) is 7.19. The first-order chi connectivity index (χ1) is 11.5. The SMILES string of the molecule is COc1cc(Cc2cnc(N=C(C)N)nc2N)cc(OC)c1OC. The van der Waals surface area contributed by atoms with Gasteiger partial charge in [-0.1, -0.05) is 0 Å². The van der Waals surface area contributed by atoms with Crippen LogP contribution in [0.2, 0.25) is 0 Å². The van der Waals surface area contributed by atoms with E-state index in [0.717, 1.165) is 11.1 Å². The van der Waals surface area contributed by atoms with Gasteiger partial charge in [0.1, 0.15) is 5.82 Å². The molecule has 8 nitrogen and oxygen atoms in total. The van der Waals surface area contributed by atoms with Gasteiger partial charge in [-0.15, -0.1) is 0 Å². The molecule has 128 valence electrons. The number of rotatable bonds is 6. The van der Waals surface area contributed by atoms with Crippen molar-refractivity contribution in [1.82, 2.24) is 9.97 Å². The number of aliphatic imine (C=N–C) groups is 1. The van der Waals surface area contributed by atoms with E-state index in [2.05, 4.69) is 15.0 Å². The molecule has 0 aliphatic carbocycles. The van der Waals surface area contributed by atoms with Gasteiger partial charge in [0.25, 0.3) is 5.95 Å². The van der Waals surface area contributed by atoms with Crippen LogP contribution in [0, 0.1) is 0 Å². The molecule has 0 atom stereocenters. The zero-order valence-electron chi connectivity index (χ0n) is 14.2.